The van der Waals surface area contributed by atoms with Crippen molar-refractivity contribution in [2.24, 2.45) is 0 Å². The third-order valence-corrected chi connectivity index (χ3v) is 5.56. The van der Waals surface area contributed by atoms with Gasteiger partial charge in [-0.25, -0.2) is 4.98 Å². The number of benzene rings is 1. The van der Waals surface area contributed by atoms with Crippen LogP contribution in [0.3, 0.4) is 0 Å². The van der Waals surface area contributed by atoms with Gasteiger partial charge in [-0.1, -0.05) is 12.1 Å². The van der Waals surface area contributed by atoms with E-state index in [2.05, 4.69) is 41.4 Å². The van der Waals surface area contributed by atoms with Crippen LogP contribution in [0.5, 0.6) is 0 Å². The second-order valence-corrected chi connectivity index (χ2v) is 7.28. The highest BCUT2D eigenvalue weighted by atomic mass is 32.1. The van der Waals surface area contributed by atoms with Crippen LogP contribution in [0.1, 0.15) is 31.2 Å². The summed E-state index contributed by atoms with van der Waals surface area (Å²) in [6.07, 6.45) is 4.10. The Hall–Kier alpha value is -0.970. The predicted octanol–water partition coefficient (Wildman–Crippen LogP) is 3.01. The summed E-state index contributed by atoms with van der Waals surface area (Å²) >= 11 is 1.81. The zero-order chi connectivity index (χ0) is 13.5. The Balaban J connectivity index is 1.38. The summed E-state index contributed by atoms with van der Waals surface area (Å²) in [5.74, 6) is 0. The molecule has 2 fully saturated rings. The monoisotopic (exact) mass is 287 g/mol. The number of nitrogens with zero attached hydrogens (tertiary/aromatic N) is 2. The number of fused-ring (bicyclic) bond motifs is 1. The lowest BCUT2D eigenvalue weighted by molar-refractivity contribution is 0.255. The van der Waals surface area contributed by atoms with E-state index in [1.54, 1.807) is 0 Å². The lowest BCUT2D eigenvalue weighted by Gasteiger charge is -2.19. The molecule has 4 rings (SSSR count). The minimum absolute atomic E-state index is 0.637. The van der Waals surface area contributed by atoms with Crippen LogP contribution in [0.15, 0.2) is 24.3 Å². The van der Waals surface area contributed by atoms with Gasteiger partial charge in [-0.2, -0.15) is 0 Å². The van der Waals surface area contributed by atoms with E-state index in [1.165, 1.54) is 35.5 Å². The topological polar surface area (TPSA) is 28.2 Å². The average Bonchev–Trinajstić information content (AvgIpc) is 3.09. The van der Waals surface area contributed by atoms with Gasteiger partial charge in [0.05, 0.1) is 10.2 Å². The fourth-order valence-corrected chi connectivity index (χ4v) is 4.26. The second kappa shape index (κ2) is 5.10. The first-order chi connectivity index (χ1) is 9.79. The smallest absolute Gasteiger partial charge is 0.108 e. The number of rotatable bonds is 4. The van der Waals surface area contributed by atoms with Crippen molar-refractivity contribution in [1.29, 1.82) is 0 Å². The third-order valence-electron chi connectivity index (χ3n) is 4.52. The Morgan fingerprint density at radius 2 is 2.20 bits per heavy atom. The molecule has 1 aromatic carbocycles. The minimum Gasteiger partial charge on any atom is -0.306 e. The highest BCUT2D eigenvalue weighted by Crippen LogP contribution is 2.33. The Morgan fingerprint density at radius 1 is 1.35 bits per heavy atom. The van der Waals surface area contributed by atoms with Gasteiger partial charge >= 0.3 is 0 Å². The van der Waals surface area contributed by atoms with E-state index in [4.69, 9.17) is 4.98 Å². The summed E-state index contributed by atoms with van der Waals surface area (Å²) in [6, 6.07) is 10.7. The van der Waals surface area contributed by atoms with Gasteiger partial charge in [-0.15, -0.1) is 11.3 Å². The van der Waals surface area contributed by atoms with Crippen molar-refractivity contribution in [3.05, 3.63) is 29.3 Å². The summed E-state index contributed by atoms with van der Waals surface area (Å²) < 4.78 is 1.30. The fraction of sp³-hybridized carbons (Fsp3) is 0.562. The molecule has 2 unspecified atom stereocenters. The number of nitrogens with one attached hydrogen (secondary N) is 1. The Kier molecular flexibility index (Phi) is 3.25. The molecular formula is C16H21N3S. The van der Waals surface area contributed by atoms with Gasteiger partial charge in [-0.05, 0) is 38.3 Å². The third kappa shape index (κ3) is 2.48. The maximum Gasteiger partial charge on any atom is 0.108 e. The normalized spacial score (nSPS) is 27.4. The van der Waals surface area contributed by atoms with E-state index in [-0.39, 0.29) is 0 Å². The van der Waals surface area contributed by atoms with Crippen molar-refractivity contribution in [1.82, 2.24) is 15.2 Å². The summed E-state index contributed by atoms with van der Waals surface area (Å²) in [6.45, 7) is 4.50. The summed E-state index contributed by atoms with van der Waals surface area (Å²) in [4.78, 5) is 7.39. The predicted molar refractivity (Wildman–Crippen MR) is 84.1 cm³/mol. The highest BCUT2D eigenvalue weighted by molar-refractivity contribution is 7.18. The van der Waals surface area contributed by atoms with Crippen molar-refractivity contribution in [3.63, 3.8) is 0 Å². The number of thiazole rings is 1. The molecule has 0 spiro atoms. The Bertz CT molecular complexity index is 572. The average molecular weight is 287 g/mol. The number of hydrogen-bond donors (Lipinski definition) is 1. The first-order valence-electron chi connectivity index (χ1n) is 7.63. The largest absolute Gasteiger partial charge is 0.306 e. The molecule has 1 N–H and O–H groups in total. The van der Waals surface area contributed by atoms with Crippen LogP contribution in [0, 0.1) is 0 Å². The molecule has 0 amide bonds. The summed E-state index contributed by atoms with van der Waals surface area (Å²) in [7, 11) is 0. The van der Waals surface area contributed by atoms with Crippen molar-refractivity contribution in [2.75, 3.05) is 6.54 Å². The molecule has 1 aliphatic carbocycles. The van der Waals surface area contributed by atoms with E-state index in [0.29, 0.717) is 6.04 Å². The van der Waals surface area contributed by atoms with Crippen LogP contribution in [-0.2, 0) is 6.54 Å². The molecule has 2 atom stereocenters. The quantitative estimate of drug-likeness (QED) is 0.937. The van der Waals surface area contributed by atoms with Crippen LogP contribution in [-0.4, -0.2) is 34.6 Å². The molecule has 1 saturated carbocycles. The first-order valence-corrected chi connectivity index (χ1v) is 8.45. The molecule has 0 radical (unpaired) electrons. The zero-order valence-electron chi connectivity index (χ0n) is 11.9. The van der Waals surface area contributed by atoms with Gasteiger partial charge < -0.3 is 5.32 Å². The van der Waals surface area contributed by atoms with E-state index in [9.17, 15) is 0 Å². The summed E-state index contributed by atoms with van der Waals surface area (Å²) in [5, 5.41) is 4.92. The SMILES string of the molecule is CC1CC(NCc2nc3ccccc3s2)CN1C1CC1. The maximum atomic E-state index is 4.70. The maximum absolute atomic E-state index is 4.70. The van der Waals surface area contributed by atoms with Crippen LogP contribution in [0.4, 0.5) is 0 Å². The van der Waals surface area contributed by atoms with Crippen LogP contribution >= 0.6 is 11.3 Å². The number of likely N-dealkylation sites (tertiary alicyclic amines) is 1. The zero-order valence-corrected chi connectivity index (χ0v) is 12.7. The minimum atomic E-state index is 0.637. The molecule has 1 aliphatic heterocycles. The molecule has 2 aromatic rings. The van der Waals surface area contributed by atoms with E-state index in [1.807, 2.05) is 11.3 Å². The van der Waals surface area contributed by atoms with Crippen molar-refractivity contribution in [2.45, 2.75) is 50.9 Å². The van der Waals surface area contributed by atoms with E-state index >= 15 is 0 Å². The van der Waals surface area contributed by atoms with Crippen molar-refractivity contribution >= 4 is 21.6 Å². The molecular weight excluding hydrogens is 266 g/mol. The molecule has 1 saturated heterocycles. The first kappa shape index (κ1) is 12.7. The van der Waals surface area contributed by atoms with Gasteiger partial charge in [0.15, 0.2) is 0 Å². The van der Waals surface area contributed by atoms with Crippen molar-refractivity contribution in [3.8, 4) is 0 Å². The Labute approximate surface area is 124 Å². The number of hydrogen-bond acceptors (Lipinski definition) is 4. The van der Waals surface area contributed by atoms with Crippen LogP contribution < -0.4 is 5.32 Å². The van der Waals surface area contributed by atoms with E-state index in [0.717, 1.165) is 24.1 Å². The summed E-state index contributed by atoms with van der Waals surface area (Å²) in [5.41, 5.74) is 1.13. The molecule has 4 heteroatoms. The second-order valence-electron chi connectivity index (χ2n) is 6.17. The van der Waals surface area contributed by atoms with Gasteiger partial charge in [0.1, 0.15) is 5.01 Å². The van der Waals surface area contributed by atoms with Crippen molar-refractivity contribution < 1.29 is 0 Å². The number of aromatic nitrogens is 1. The fourth-order valence-electron chi connectivity index (χ4n) is 3.35. The number of para-hydroxylation sites is 1. The standard InChI is InChI=1S/C16H21N3S/c1-11-8-12(10-19(11)13-6-7-13)17-9-16-18-14-4-2-3-5-15(14)20-16/h2-5,11-13,17H,6-10H2,1H3. The van der Waals surface area contributed by atoms with Gasteiger partial charge in [0, 0.05) is 31.2 Å². The van der Waals surface area contributed by atoms with Gasteiger partial charge in [0.25, 0.3) is 0 Å². The van der Waals surface area contributed by atoms with Crippen LogP contribution in [0.2, 0.25) is 0 Å². The lowest BCUT2D eigenvalue weighted by atomic mass is 10.2. The molecule has 106 valence electrons. The lowest BCUT2D eigenvalue weighted by Crippen LogP contribution is -2.33. The van der Waals surface area contributed by atoms with E-state index < -0.39 is 0 Å². The van der Waals surface area contributed by atoms with Crippen LogP contribution in [0.25, 0.3) is 10.2 Å². The molecule has 1 aromatic heterocycles. The molecule has 2 heterocycles. The molecule has 3 nitrogen and oxygen atoms in total. The molecule has 20 heavy (non-hydrogen) atoms. The Morgan fingerprint density at radius 3 is 3.00 bits per heavy atom. The molecule has 2 aliphatic rings. The van der Waals surface area contributed by atoms with Gasteiger partial charge in [-0.3, -0.25) is 4.90 Å². The highest BCUT2D eigenvalue weighted by Gasteiger charge is 2.38. The molecule has 0 bridgehead atoms. The van der Waals surface area contributed by atoms with Gasteiger partial charge in [0.2, 0.25) is 0 Å².